The summed E-state index contributed by atoms with van der Waals surface area (Å²) in [5.41, 5.74) is 2.01. The van der Waals surface area contributed by atoms with Crippen molar-refractivity contribution in [2.45, 2.75) is 12.1 Å². The fourth-order valence-corrected chi connectivity index (χ4v) is 4.41. The smallest absolute Gasteiger partial charge is 0.266 e. The number of hydrogen-bond donors (Lipinski definition) is 0. The van der Waals surface area contributed by atoms with Gasteiger partial charge in [0, 0.05) is 10.6 Å². The van der Waals surface area contributed by atoms with Crippen LogP contribution in [0.15, 0.2) is 78.9 Å². The summed E-state index contributed by atoms with van der Waals surface area (Å²) in [6.45, 7) is 0. The van der Waals surface area contributed by atoms with Gasteiger partial charge < -0.3 is 4.74 Å². The number of fused-ring (bicyclic) bond motifs is 1. The predicted molar refractivity (Wildman–Crippen MR) is 117 cm³/mol. The maximum atomic E-state index is 13.6. The van der Waals surface area contributed by atoms with Crippen LogP contribution in [-0.2, 0) is 14.4 Å². The molecule has 0 saturated carbocycles. The Labute approximate surface area is 184 Å². The van der Waals surface area contributed by atoms with E-state index in [1.807, 2.05) is 54.6 Å². The van der Waals surface area contributed by atoms with Crippen molar-refractivity contribution < 1.29 is 19.2 Å². The van der Waals surface area contributed by atoms with Gasteiger partial charge in [0.05, 0.1) is 24.5 Å². The Morgan fingerprint density at radius 1 is 0.839 bits per heavy atom. The van der Waals surface area contributed by atoms with Crippen LogP contribution in [-0.4, -0.2) is 25.0 Å². The molecule has 5 rings (SSSR count). The van der Waals surface area contributed by atoms with Gasteiger partial charge in [0.15, 0.2) is 6.10 Å². The van der Waals surface area contributed by atoms with Crippen LogP contribution in [0.3, 0.4) is 0 Å². The van der Waals surface area contributed by atoms with E-state index in [2.05, 4.69) is 0 Å². The van der Waals surface area contributed by atoms with Crippen LogP contribution in [0.2, 0.25) is 5.02 Å². The zero-order chi connectivity index (χ0) is 21.5. The number of benzene rings is 3. The van der Waals surface area contributed by atoms with Crippen LogP contribution in [0.1, 0.15) is 11.6 Å². The maximum Gasteiger partial charge on any atom is 0.266 e. The number of carbonyl (C=O) groups excluding carboxylic acids is 2. The molecule has 6 nitrogen and oxygen atoms in total. The van der Waals surface area contributed by atoms with Crippen molar-refractivity contribution in [3.05, 3.63) is 89.4 Å². The minimum atomic E-state index is -0.932. The standard InChI is InChI=1S/C24H19ClN2O4/c1-30-19-10-6-5-9-18(19)21-20-22(31-27(21)17-7-3-2-4-8-17)24(29)26(23(20)28)16-13-11-15(25)12-14-16/h2-14,20-22H,1H3/t20-,21+,22+/m1/s1. The van der Waals surface area contributed by atoms with Crippen molar-refractivity contribution in [2.75, 3.05) is 17.1 Å². The van der Waals surface area contributed by atoms with E-state index in [-0.39, 0.29) is 5.91 Å². The van der Waals surface area contributed by atoms with E-state index in [0.29, 0.717) is 16.5 Å². The molecule has 3 atom stereocenters. The number of amides is 2. The first kappa shape index (κ1) is 19.6. The average molecular weight is 435 g/mol. The number of ether oxygens (including phenoxy) is 1. The molecule has 0 bridgehead atoms. The highest BCUT2D eigenvalue weighted by Gasteiger charge is 2.60. The summed E-state index contributed by atoms with van der Waals surface area (Å²) in [4.78, 5) is 34.2. The molecule has 0 spiro atoms. The molecule has 2 heterocycles. The van der Waals surface area contributed by atoms with E-state index < -0.39 is 24.0 Å². The minimum Gasteiger partial charge on any atom is -0.496 e. The zero-order valence-electron chi connectivity index (χ0n) is 16.6. The second kappa shape index (κ2) is 7.72. The van der Waals surface area contributed by atoms with Crippen molar-refractivity contribution >= 4 is 34.8 Å². The largest absolute Gasteiger partial charge is 0.496 e. The Morgan fingerprint density at radius 3 is 2.23 bits per heavy atom. The molecule has 2 amide bonds. The van der Waals surface area contributed by atoms with Gasteiger partial charge >= 0.3 is 0 Å². The van der Waals surface area contributed by atoms with Gasteiger partial charge in [-0.2, -0.15) is 0 Å². The van der Waals surface area contributed by atoms with Crippen LogP contribution < -0.4 is 14.7 Å². The monoisotopic (exact) mass is 434 g/mol. The SMILES string of the molecule is COc1ccccc1[C@H]1[C@H]2C(=O)N(c3ccc(Cl)cc3)C(=O)[C@H]2ON1c1ccccc1. The van der Waals surface area contributed by atoms with Gasteiger partial charge in [-0.05, 0) is 42.5 Å². The Balaban J connectivity index is 1.61. The highest BCUT2D eigenvalue weighted by atomic mass is 35.5. The summed E-state index contributed by atoms with van der Waals surface area (Å²) in [6.07, 6.45) is -0.932. The van der Waals surface area contributed by atoms with Gasteiger partial charge in [0.25, 0.3) is 5.91 Å². The molecule has 0 N–H and O–H groups in total. The van der Waals surface area contributed by atoms with Crippen LogP contribution in [0.4, 0.5) is 11.4 Å². The second-order valence-electron chi connectivity index (χ2n) is 7.39. The van der Waals surface area contributed by atoms with Crippen molar-refractivity contribution in [1.82, 2.24) is 0 Å². The summed E-state index contributed by atoms with van der Waals surface area (Å²) >= 11 is 5.98. The third-order valence-corrected chi connectivity index (χ3v) is 5.92. The number of halogens is 1. The van der Waals surface area contributed by atoms with Crippen LogP contribution in [0, 0.1) is 5.92 Å². The Morgan fingerprint density at radius 2 is 1.52 bits per heavy atom. The molecule has 2 aliphatic rings. The van der Waals surface area contributed by atoms with E-state index in [9.17, 15) is 9.59 Å². The number of nitrogens with zero attached hydrogens (tertiary/aromatic N) is 2. The zero-order valence-corrected chi connectivity index (χ0v) is 17.4. The third-order valence-electron chi connectivity index (χ3n) is 5.67. The van der Waals surface area contributed by atoms with Crippen LogP contribution in [0.5, 0.6) is 5.75 Å². The van der Waals surface area contributed by atoms with Gasteiger partial charge in [-0.3, -0.25) is 14.4 Å². The first-order chi connectivity index (χ1) is 15.1. The van der Waals surface area contributed by atoms with Gasteiger partial charge in [-0.25, -0.2) is 9.96 Å². The molecule has 0 aromatic heterocycles. The molecule has 0 unspecified atom stereocenters. The molecule has 3 aromatic rings. The summed E-state index contributed by atoms with van der Waals surface area (Å²) in [5, 5.41) is 2.18. The van der Waals surface area contributed by atoms with Crippen molar-refractivity contribution in [2.24, 2.45) is 5.92 Å². The Kier molecular flexibility index (Phi) is 4.88. The van der Waals surface area contributed by atoms with Gasteiger partial charge in [-0.1, -0.05) is 48.0 Å². The Bertz CT molecular complexity index is 1140. The van der Waals surface area contributed by atoms with Crippen LogP contribution >= 0.6 is 11.6 Å². The normalized spacial score (nSPS) is 22.7. The molecular formula is C24H19ClN2O4. The maximum absolute atomic E-state index is 13.6. The first-order valence-corrected chi connectivity index (χ1v) is 10.3. The molecule has 2 fully saturated rings. The van der Waals surface area contributed by atoms with Gasteiger partial charge in [0.1, 0.15) is 11.7 Å². The summed E-state index contributed by atoms with van der Waals surface area (Å²) in [6, 6.07) is 23.0. The van der Waals surface area contributed by atoms with Gasteiger partial charge in [0.2, 0.25) is 5.91 Å². The first-order valence-electron chi connectivity index (χ1n) is 9.87. The van der Waals surface area contributed by atoms with E-state index in [1.54, 1.807) is 36.4 Å². The van der Waals surface area contributed by atoms with Crippen molar-refractivity contribution in [3.8, 4) is 5.75 Å². The number of rotatable bonds is 4. The Hall–Kier alpha value is -3.35. The molecule has 31 heavy (non-hydrogen) atoms. The average Bonchev–Trinajstić information content (AvgIpc) is 3.31. The second-order valence-corrected chi connectivity index (χ2v) is 7.82. The van der Waals surface area contributed by atoms with Crippen molar-refractivity contribution in [3.63, 3.8) is 0 Å². The topological polar surface area (TPSA) is 59.1 Å². The number of hydrogen-bond acceptors (Lipinski definition) is 5. The van der Waals surface area contributed by atoms with Gasteiger partial charge in [-0.15, -0.1) is 0 Å². The number of para-hydroxylation sites is 2. The molecule has 156 valence electrons. The molecule has 2 saturated heterocycles. The van der Waals surface area contributed by atoms with Crippen LogP contribution in [0.25, 0.3) is 0 Å². The predicted octanol–water partition coefficient (Wildman–Crippen LogP) is 4.40. The van der Waals surface area contributed by atoms with Crippen molar-refractivity contribution in [1.29, 1.82) is 0 Å². The van der Waals surface area contributed by atoms with E-state index in [4.69, 9.17) is 21.2 Å². The lowest BCUT2D eigenvalue weighted by Crippen LogP contribution is -2.37. The molecule has 2 aliphatic heterocycles. The van der Waals surface area contributed by atoms with E-state index >= 15 is 0 Å². The van der Waals surface area contributed by atoms with E-state index in [1.165, 1.54) is 4.90 Å². The molecule has 0 radical (unpaired) electrons. The molecule has 7 heteroatoms. The summed E-state index contributed by atoms with van der Waals surface area (Å²) in [5.74, 6) is -0.801. The summed E-state index contributed by atoms with van der Waals surface area (Å²) < 4.78 is 5.57. The highest BCUT2D eigenvalue weighted by molar-refractivity contribution is 6.31. The number of anilines is 2. The molecule has 0 aliphatic carbocycles. The third kappa shape index (κ3) is 3.15. The number of carbonyl (C=O) groups is 2. The molecule has 3 aromatic carbocycles. The highest BCUT2D eigenvalue weighted by Crippen LogP contribution is 2.49. The number of imide groups is 1. The molecular weight excluding hydrogens is 416 g/mol. The lowest BCUT2D eigenvalue weighted by atomic mass is 9.90. The summed E-state index contributed by atoms with van der Waals surface area (Å²) in [7, 11) is 1.58. The quantitative estimate of drug-likeness (QED) is 0.570. The minimum absolute atomic E-state index is 0.313. The number of methoxy groups -OCH3 is 1. The lowest BCUT2D eigenvalue weighted by molar-refractivity contribution is -0.126. The fraction of sp³-hybridized carbons (Fsp3) is 0.167. The fourth-order valence-electron chi connectivity index (χ4n) is 4.28. The number of hydroxylamine groups is 1. The lowest BCUT2D eigenvalue weighted by Gasteiger charge is -2.29. The van der Waals surface area contributed by atoms with E-state index in [0.717, 1.165) is 11.3 Å².